The van der Waals surface area contributed by atoms with Crippen LogP contribution in [0.2, 0.25) is 0 Å². The molecule has 11 heteroatoms. The Labute approximate surface area is 216 Å². The minimum Gasteiger partial charge on any atom is -0.192 e. The highest BCUT2D eigenvalue weighted by Gasteiger charge is 2.33. The van der Waals surface area contributed by atoms with Crippen LogP contribution in [0, 0.1) is 22.7 Å². The maximum absolute atomic E-state index is 9.41. The number of benzene rings is 1. The first-order valence-electron chi connectivity index (χ1n) is 8.84. The summed E-state index contributed by atoms with van der Waals surface area (Å²) in [5, 5.41) is 18.8. The normalized spacial score (nSPS) is 12.1. The Bertz CT molecular complexity index is 1320. The van der Waals surface area contributed by atoms with Gasteiger partial charge in [0.25, 0.3) is 0 Å². The van der Waals surface area contributed by atoms with E-state index in [0.717, 1.165) is 49.3 Å². The lowest BCUT2D eigenvalue weighted by Crippen LogP contribution is -1.88. The summed E-state index contributed by atoms with van der Waals surface area (Å²) in [5.74, 6) is 0. The van der Waals surface area contributed by atoms with Gasteiger partial charge in [-0.3, -0.25) is 0 Å². The molecule has 4 heterocycles. The average molecular weight is 626 g/mol. The van der Waals surface area contributed by atoms with Crippen molar-refractivity contribution in [3.05, 3.63) is 41.6 Å². The fourth-order valence-corrected chi connectivity index (χ4v) is 9.18. The Morgan fingerprint density at radius 2 is 1.26 bits per heavy atom. The summed E-state index contributed by atoms with van der Waals surface area (Å²) < 4.78 is 12.0. The quantitative estimate of drug-likeness (QED) is 0.207. The third-order valence-corrected chi connectivity index (χ3v) is 10.5. The van der Waals surface area contributed by atoms with Crippen LogP contribution in [0.1, 0.15) is 13.8 Å². The van der Waals surface area contributed by atoms with E-state index < -0.39 is 0 Å². The molecule has 1 aliphatic rings. The number of thiophene rings is 2. The van der Waals surface area contributed by atoms with E-state index in [1.54, 1.807) is 22.7 Å². The summed E-state index contributed by atoms with van der Waals surface area (Å²) in [6.07, 6.45) is 0. The number of thioether (sulfide) groups is 2. The predicted molar refractivity (Wildman–Crippen MR) is 141 cm³/mol. The van der Waals surface area contributed by atoms with Crippen molar-refractivity contribution in [2.75, 3.05) is 0 Å². The lowest BCUT2D eigenvalue weighted by Gasteiger charge is -2.11. The molecule has 5 rings (SSSR count). The van der Waals surface area contributed by atoms with Gasteiger partial charge in [-0.2, -0.15) is 19.3 Å². The third-order valence-electron chi connectivity index (χ3n) is 4.08. The Morgan fingerprint density at radius 1 is 0.806 bits per heavy atom. The molecule has 0 saturated heterocycles. The molecule has 1 aliphatic heterocycles. The van der Waals surface area contributed by atoms with Crippen LogP contribution in [0.4, 0.5) is 0 Å². The van der Waals surface area contributed by atoms with Crippen LogP contribution in [0.3, 0.4) is 0 Å². The van der Waals surface area contributed by atoms with Gasteiger partial charge in [0.05, 0.1) is 23.5 Å². The van der Waals surface area contributed by atoms with E-state index in [0.29, 0.717) is 4.24 Å². The first kappa shape index (κ1) is 23.0. The van der Waals surface area contributed by atoms with Crippen LogP contribution in [0.25, 0.3) is 31.9 Å². The smallest absolute Gasteiger partial charge is 0.150 e. The average Bonchev–Trinajstić information content (AvgIpc) is 3.56. The van der Waals surface area contributed by atoms with Gasteiger partial charge < -0.3 is 0 Å². The molecule has 0 unspecified atom stereocenters. The van der Waals surface area contributed by atoms with E-state index in [9.17, 15) is 10.5 Å². The monoisotopic (exact) mass is 624 g/mol. The lowest BCUT2D eigenvalue weighted by atomic mass is 10.1. The van der Waals surface area contributed by atoms with E-state index in [4.69, 9.17) is 0 Å². The highest BCUT2D eigenvalue weighted by molar-refractivity contribution is 9.11. The van der Waals surface area contributed by atoms with Gasteiger partial charge in [-0.05, 0) is 56.1 Å². The summed E-state index contributed by atoms with van der Waals surface area (Å²) in [7, 11) is 0. The van der Waals surface area contributed by atoms with Crippen molar-refractivity contribution in [2.24, 2.45) is 0 Å². The first-order valence-corrected chi connectivity index (χ1v) is 14.4. The molecule has 1 aromatic carbocycles. The molecule has 0 spiro atoms. The molecule has 3 aromatic heterocycles. The topological polar surface area (TPSA) is 73.4 Å². The molecule has 0 saturated carbocycles. The molecular formula is C20H10Br2N4S5. The number of fused-ring (bicyclic) bond motifs is 2. The molecule has 4 aromatic rings. The molecule has 154 valence electrons. The van der Waals surface area contributed by atoms with Crippen molar-refractivity contribution >= 4 is 101 Å². The summed E-state index contributed by atoms with van der Waals surface area (Å²) in [4.78, 5) is 4.22. The van der Waals surface area contributed by atoms with Crippen LogP contribution in [-0.4, -0.2) is 8.75 Å². The number of nitriles is 2. The van der Waals surface area contributed by atoms with Crippen molar-refractivity contribution < 1.29 is 0 Å². The zero-order chi connectivity index (χ0) is 22.1. The van der Waals surface area contributed by atoms with Crippen LogP contribution in [-0.2, 0) is 0 Å². The second-order valence-corrected chi connectivity index (χ2v) is 13.4. The fraction of sp³-hybridized carbons (Fsp3) is 0.100. The zero-order valence-electron chi connectivity index (χ0n) is 15.9. The SMILES string of the molecule is CC.N#CC(C#N)=C1Sc2c(c(-c3ccc(Br)s3)c3nsnc3c2-c2ccc(Br)s2)S1. The van der Waals surface area contributed by atoms with Gasteiger partial charge in [0, 0.05) is 30.7 Å². The number of aromatic nitrogens is 2. The lowest BCUT2D eigenvalue weighted by molar-refractivity contribution is 1.30. The minimum absolute atomic E-state index is 0.135. The van der Waals surface area contributed by atoms with E-state index in [2.05, 4.69) is 52.7 Å². The van der Waals surface area contributed by atoms with Crippen LogP contribution in [0.15, 0.2) is 51.4 Å². The third kappa shape index (κ3) is 4.13. The molecule has 0 radical (unpaired) electrons. The molecular weight excluding hydrogens is 616 g/mol. The largest absolute Gasteiger partial charge is 0.192 e. The highest BCUT2D eigenvalue weighted by Crippen LogP contribution is 2.61. The van der Waals surface area contributed by atoms with Crippen LogP contribution < -0.4 is 0 Å². The summed E-state index contributed by atoms with van der Waals surface area (Å²) in [5.41, 5.74) is 3.87. The van der Waals surface area contributed by atoms with Crippen molar-refractivity contribution in [3.63, 3.8) is 0 Å². The summed E-state index contributed by atoms with van der Waals surface area (Å²) in [6.45, 7) is 4.00. The number of halogens is 2. The number of allylic oxidation sites excluding steroid dienone is 1. The van der Waals surface area contributed by atoms with E-state index >= 15 is 0 Å². The van der Waals surface area contributed by atoms with Crippen LogP contribution in [0.5, 0.6) is 0 Å². The Hall–Kier alpha value is -1.18. The second kappa shape index (κ2) is 9.75. The Morgan fingerprint density at radius 3 is 1.61 bits per heavy atom. The van der Waals surface area contributed by atoms with E-state index in [1.165, 1.54) is 35.3 Å². The van der Waals surface area contributed by atoms with Gasteiger partial charge in [0.2, 0.25) is 0 Å². The predicted octanol–water partition coefficient (Wildman–Crippen LogP) is 9.16. The zero-order valence-corrected chi connectivity index (χ0v) is 23.1. The van der Waals surface area contributed by atoms with Gasteiger partial charge in [-0.1, -0.05) is 37.4 Å². The Kier molecular flexibility index (Phi) is 7.24. The second-order valence-electron chi connectivity index (χ2n) is 5.67. The van der Waals surface area contributed by atoms with E-state index in [-0.39, 0.29) is 5.57 Å². The molecule has 31 heavy (non-hydrogen) atoms. The van der Waals surface area contributed by atoms with Gasteiger partial charge in [0.1, 0.15) is 28.7 Å². The van der Waals surface area contributed by atoms with E-state index in [1.807, 2.05) is 38.1 Å². The Balaban J connectivity index is 0.00000112. The van der Waals surface area contributed by atoms with Crippen molar-refractivity contribution in [3.8, 4) is 33.0 Å². The van der Waals surface area contributed by atoms with Gasteiger partial charge in [0.15, 0.2) is 0 Å². The number of nitrogens with zero attached hydrogens (tertiary/aromatic N) is 4. The summed E-state index contributed by atoms with van der Waals surface area (Å²) >= 11 is 14.5. The van der Waals surface area contributed by atoms with Crippen molar-refractivity contribution in [1.82, 2.24) is 8.75 Å². The highest BCUT2D eigenvalue weighted by atomic mass is 79.9. The van der Waals surface area contributed by atoms with Gasteiger partial charge in [-0.25, -0.2) is 0 Å². The number of hydrogen-bond acceptors (Lipinski definition) is 9. The van der Waals surface area contributed by atoms with Crippen LogP contribution >= 0.6 is 89.8 Å². The number of rotatable bonds is 2. The molecule has 0 N–H and O–H groups in total. The molecule has 0 bridgehead atoms. The van der Waals surface area contributed by atoms with Crippen molar-refractivity contribution in [1.29, 1.82) is 10.5 Å². The minimum atomic E-state index is 0.135. The number of hydrogen-bond donors (Lipinski definition) is 0. The molecule has 0 aliphatic carbocycles. The standard InChI is InChI=1S/C18H4Br2N4S5.C2H6/c19-10-3-1-8(25-10)12-14-15(24-29-23-14)13(9-2-4-11(20)26-9)17-16(12)27-18(28-17)7(5-21)6-22;1-2/h1-4H;1-2H3. The molecule has 0 atom stereocenters. The van der Waals surface area contributed by atoms with Gasteiger partial charge in [-0.15, -0.1) is 22.7 Å². The molecule has 4 nitrogen and oxygen atoms in total. The van der Waals surface area contributed by atoms with Gasteiger partial charge >= 0.3 is 0 Å². The maximum atomic E-state index is 9.41. The fourth-order valence-electron chi connectivity index (χ4n) is 2.93. The molecule has 0 amide bonds. The molecule has 0 fully saturated rings. The summed E-state index contributed by atoms with van der Waals surface area (Å²) in [6, 6.07) is 12.2. The first-order chi connectivity index (χ1) is 15.1. The maximum Gasteiger partial charge on any atom is 0.150 e. The van der Waals surface area contributed by atoms with Crippen molar-refractivity contribution in [2.45, 2.75) is 23.6 Å².